The molecule has 1 saturated carbocycles. The summed E-state index contributed by atoms with van der Waals surface area (Å²) in [6, 6.07) is 33.6. The monoisotopic (exact) mass is 423 g/mol. The summed E-state index contributed by atoms with van der Waals surface area (Å²) in [7, 11) is 0. The van der Waals surface area contributed by atoms with Gasteiger partial charge in [-0.05, 0) is 29.5 Å². The second kappa shape index (κ2) is 8.47. The van der Waals surface area contributed by atoms with Crippen LogP contribution < -0.4 is 10.6 Å². The van der Waals surface area contributed by atoms with Crippen LogP contribution in [0.4, 0.5) is 0 Å². The summed E-state index contributed by atoms with van der Waals surface area (Å²) in [6.07, 6.45) is 3.95. The van der Waals surface area contributed by atoms with Crippen LogP contribution in [-0.2, 0) is 6.54 Å². The summed E-state index contributed by atoms with van der Waals surface area (Å²) in [5.74, 6) is 1.25. The highest BCUT2D eigenvalue weighted by Crippen LogP contribution is 2.49. The summed E-state index contributed by atoms with van der Waals surface area (Å²) in [5, 5.41) is 8.44. The molecule has 32 heavy (non-hydrogen) atoms. The zero-order valence-corrected chi connectivity index (χ0v) is 18.7. The third-order valence-corrected chi connectivity index (χ3v) is 8.04. The van der Waals surface area contributed by atoms with Crippen molar-refractivity contribution in [1.82, 2.24) is 15.5 Å². The number of rotatable bonds is 4. The van der Waals surface area contributed by atoms with E-state index in [2.05, 4.69) is 107 Å². The van der Waals surface area contributed by atoms with Crippen molar-refractivity contribution in [3.05, 3.63) is 108 Å². The van der Waals surface area contributed by atoms with E-state index in [4.69, 9.17) is 0 Å². The van der Waals surface area contributed by atoms with Crippen molar-refractivity contribution in [1.29, 1.82) is 0 Å². The Labute approximate surface area is 191 Å². The van der Waals surface area contributed by atoms with E-state index in [0.717, 1.165) is 19.6 Å². The lowest BCUT2D eigenvalue weighted by atomic mass is 9.68. The number of nitrogens with one attached hydrogen (secondary N) is 2. The predicted octanol–water partition coefficient (Wildman–Crippen LogP) is 5.29. The predicted molar refractivity (Wildman–Crippen MR) is 130 cm³/mol. The molecule has 0 amide bonds. The SMILES string of the molecule is c1ccc(CN2CC3CCCC(C2)C32NC(c3ccccc3)C(c3ccccc3)N2)cc1. The van der Waals surface area contributed by atoms with E-state index in [1.165, 1.54) is 36.0 Å². The molecule has 3 aliphatic rings. The maximum atomic E-state index is 4.22. The molecule has 1 aliphatic carbocycles. The summed E-state index contributed by atoms with van der Waals surface area (Å²) in [4.78, 5) is 2.70. The number of hydrogen-bond acceptors (Lipinski definition) is 3. The first-order valence-corrected chi connectivity index (χ1v) is 12.2. The zero-order valence-electron chi connectivity index (χ0n) is 18.7. The third kappa shape index (κ3) is 3.59. The standard InChI is InChI=1S/C29H33N3/c1-4-11-22(12-5-1)19-32-20-25-17-10-18-26(21-32)29(25)30-27(23-13-6-2-7-14-23)28(31-29)24-15-8-3-9-16-24/h1-9,11-16,25-28,30-31H,10,17-21H2. The van der Waals surface area contributed by atoms with Crippen LogP contribution in [0.1, 0.15) is 48.0 Å². The molecule has 0 aromatic heterocycles. The normalized spacial score (nSPS) is 32.2. The van der Waals surface area contributed by atoms with Crippen molar-refractivity contribution in [2.75, 3.05) is 13.1 Å². The second-order valence-corrected chi connectivity index (χ2v) is 9.94. The fraction of sp³-hybridized carbons (Fsp3) is 0.379. The highest BCUT2D eigenvalue weighted by atomic mass is 15.3. The van der Waals surface area contributed by atoms with Gasteiger partial charge in [-0.15, -0.1) is 0 Å². The molecule has 2 aliphatic heterocycles. The molecule has 4 atom stereocenters. The van der Waals surface area contributed by atoms with Crippen molar-refractivity contribution >= 4 is 0 Å². The van der Waals surface area contributed by atoms with Crippen molar-refractivity contribution in [2.45, 2.75) is 43.6 Å². The van der Waals surface area contributed by atoms with Gasteiger partial charge in [-0.3, -0.25) is 15.5 Å². The lowest BCUT2D eigenvalue weighted by molar-refractivity contribution is -0.0318. The lowest BCUT2D eigenvalue weighted by Gasteiger charge is -2.55. The first kappa shape index (κ1) is 20.2. The van der Waals surface area contributed by atoms with Gasteiger partial charge in [0.2, 0.25) is 0 Å². The van der Waals surface area contributed by atoms with Gasteiger partial charge in [0.25, 0.3) is 0 Å². The molecule has 1 spiro atoms. The number of benzene rings is 3. The van der Waals surface area contributed by atoms with E-state index in [1.54, 1.807) is 0 Å². The summed E-state index contributed by atoms with van der Waals surface area (Å²) < 4.78 is 0. The Balaban J connectivity index is 1.31. The Bertz CT molecular complexity index is 957. The summed E-state index contributed by atoms with van der Waals surface area (Å²) >= 11 is 0. The number of piperidine rings is 1. The third-order valence-electron chi connectivity index (χ3n) is 8.04. The summed E-state index contributed by atoms with van der Waals surface area (Å²) in [6.45, 7) is 3.39. The quantitative estimate of drug-likeness (QED) is 0.597. The van der Waals surface area contributed by atoms with Gasteiger partial charge in [-0.1, -0.05) is 97.4 Å². The van der Waals surface area contributed by atoms with Crippen molar-refractivity contribution in [3.8, 4) is 0 Å². The van der Waals surface area contributed by atoms with E-state index in [0.29, 0.717) is 23.9 Å². The van der Waals surface area contributed by atoms with Gasteiger partial charge in [0, 0.05) is 31.5 Å². The average molecular weight is 424 g/mol. The van der Waals surface area contributed by atoms with Gasteiger partial charge in [0.05, 0.1) is 17.7 Å². The molecule has 164 valence electrons. The van der Waals surface area contributed by atoms with E-state index < -0.39 is 0 Å². The number of likely N-dealkylation sites (tertiary alicyclic amines) is 1. The fourth-order valence-electron chi connectivity index (χ4n) is 6.61. The van der Waals surface area contributed by atoms with Crippen LogP contribution >= 0.6 is 0 Å². The minimum Gasteiger partial charge on any atom is -0.298 e. The number of hydrogen-bond donors (Lipinski definition) is 2. The molecule has 4 unspecified atom stereocenters. The minimum atomic E-state index is 0.0203. The molecule has 2 N–H and O–H groups in total. The van der Waals surface area contributed by atoms with E-state index in [9.17, 15) is 0 Å². The molecule has 2 saturated heterocycles. The van der Waals surface area contributed by atoms with Gasteiger partial charge in [-0.25, -0.2) is 0 Å². The molecule has 2 heterocycles. The number of nitrogens with zero attached hydrogens (tertiary/aromatic N) is 1. The minimum absolute atomic E-state index is 0.0203. The second-order valence-electron chi connectivity index (χ2n) is 9.94. The van der Waals surface area contributed by atoms with Gasteiger partial charge < -0.3 is 0 Å². The Morgan fingerprint density at radius 3 is 1.62 bits per heavy atom. The van der Waals surface area contributed by atoms with Crippen molar-refractivity contribution in [2.24, 2.45) is 11.8 Å². The Morgan fingerprint density at radius 2 is 1.12 bits per heavy atom. The van der Waals surface area contributed by atoms with Gasteiger partial charge >= 0.3 is 0 Å². The first-order valence-electron chi connectivity index (χ1n) is 12.2. The van der Waals surface area contributed by atoms with Crippen molar-refractivity contribution < 1.29 is 0 Å². The van der Waals surface area contributed by atoms with Crippen LogP contribution in [0.2, 0.25) is 0 Å². The molecular formula is C29H33N3. The van der Waals surface area contributed by atoms with Crippen LogP contribution in [0, 0.1) is 11.8 Å². The Hall–Kier alpha value is -2.46. The zero-order chi connectivity index (χ0) is 21.4. The highest BCUT2D eigenvalue weighted by molar-refractivity contribution is 5.32. The van der Waals surface area contributed by atoms with E-state index in [1.807, 2.05) is 0 Å². The van der Waals surface area contributed by atoms with Gasteiger partial charge in [0.1, 0.15) is 0 Å². The molecule has 3 nitrogen and oxygen atoms in total. The Morgan fingerprint density at radius 1 is 0.656 bits per heavy atom. The van der Waals surface area contributed by atoms with Gasteiger partial charge in [0.15, 0.2) is 0 Å². The molecule has 6 rings (SSSR count). The first-order chi connectivity index (χ1) is 15.8. The fourth-order valence-corrected chi connectivity index (χ4v) is 6.61. The molecule has 3 fully saturated rings. The maximum absolute atomic E-state index is 4.22. The van der Waals surface area contributed by atoms with Crippen LogP contribution in [0.25, 0.3) is 0 Å². The van der Waals surface area contributed by atoms with E-state index in [-0.39, 0.29) is 5.66 Å². The molecular weight excluding hydrogens is 390 g/mol. The van der Waals surface area contributed by atoms with Gasteiger partial charge in [-0.2, -0.15) is 0 Å². The van der Waals surface area contributed by atoms with Crippen LogP contribution in [-0.4, -0.2) is 23.7 Å². The smallest absolute Gasteiger partial charge is 0.0780 e. The molecule has 3 aromatic carbocycles. The maximum Gasteiger partial charge on any atom is 0.0780 e. The largest absolute Gasteiger partial charge is 0.298 e. The molecule has 2 bridgehead atoms. The summed E-state index contributed by atoms with van der Waals surface area (Å²) in [5.41, 5.74) is 4.22. The lowest BCUT2D eigenvalue weighted by Crippen LogP contribution is -2.69. The van der Waals surface area contributed by atoms with Crippen molar-refractivity contribution in [3.63, 3.8) is 0 Å². The van der Waals surface area contributed by atoms with E-state index >= 15 is 0 Å². The van der Waals surface area contributed by atoms with Crippen LogP contribution in [0.5, 0.6) is 0 Å². The van der Waals surface area contributed by atoms with Crippen LogP contribution in [0.15, 0.2) is 91.0 Å². The topological polar surface area (TPSA) is 27.3 Å². The average Bonchev–Trinajstić information content (AvgIpc) is 3.22. The highest BCUT2D eigenvalue weighted by Gasteiger charge is 2.57. The van der Waals surface area contributed by atoms with Crippen LogP contribution in [0.3, 0.4) is 0 Å². The molecule has 3 heteroatoms. The molecule has 0 radical (unpaired) electrons. The Kier molecular flexibility index (Phi) is 5.34. The molecule has 3 aromatic rings.